The zero-order chi connectivity index (χ0) is 19.2. The molecule has 0 aliphatic heterocycles. The molecule has 2 rings (SSSR count). The van der Waals surface area contributed by atoms with Crippen molar-refractivity contribution in [1.29, 1.82) is 0 Å². The average Bonchev–Trinajstić information content (AvgIpc) is 2.59. The van der Waals surface area contributed by atoms with E-state index in [-0.39, 0.29) is 23.4 Å². The van der Waals surface area contributed by atoms with Gasteiger partial charge in [0.25, 0.3) is 5.69 Å². The summed E-state index contributed by atoms with van der Waals surface area (Å²) in [6.45, 7) is 7.24. The molecule has 0 bridgehead atoms. The normalized spacial score (nSPS) is 11.0. The van der Waals surface area contributed by atoms with E-state index >= 15 is 0 Å². The fraction of sp³-hybridized carbons (Fsp3) is 0.350. The van der Waals surface area contributed by atoms with Gasteiger partial charge < -0.3 is 10.1 Å². The van der Waals surface area contributed by atoms with E-state index in [4.69, 9.17) is 4.74 Å². The lowest BCUT2D eigenvalue weighted by atomic mass is 9.87. The van der Waals surface area contributed by atoms with E-state index in [0.29, 0.717) is 13.2 Å². The predicted molar refractivity (Wildman–Crippen MR) is 100 cm³/mol. The third kappa shape index (κ3) is 5.88. The first-order chi connectivity index (χ1) is 12.3. The Morgan fingerprint density at radius 3 is 2.23 bits per heavy atom. The number of nitro benzene ring substituents is 1. The van der Waals surface area contributed by atoms with Gasteiger partial charge in [0.2, 0.25) is 5.91 Å². The molecule has 1 N–H and O–H groups in total. The van der Waals surface area contributed by atoms with E-state index in [1.54, 1.807) is 12.1 Å². The molecule has 0 aliphatic rings. The second-order valence-corrected chi connectivity index (χ2v) is 7.07. The first-order valence-corrected chi connectivity index (χ1v) is 8.49. The third-order valence-electron chi connectivity index (χ3n) is 3.93. The molecule has 0 fully saturated rings. The Kier molecular flexibility index (Phi) is 6.33. The summed E-state index contributed by atoms with van der Waals surface area (Å²) >= 11 is 0. The highest BCUT2D eigenvalue weighted by molar-refractivity contribution is 5.78. The number of carbonyl (C=O) groups excluding carboxylic acids is 1. The maximum absolute atomic E-state index is 11.9. The molecule has 0 saturated carbocycles. The predicted octanol–water partition coefficient (Wildman–Crippen LogP) is 3.63. The summed E-state index contributed by atoms with van der Waals surface area (Å²) in [5.74, 6) is 0.619. The lowest BCUT2D eigenvalue weighted by molar-refractivity contribution is -0.384. The van der Waals surface area contributed by atoms with Crippen LogP contribution >= 0.6 is 0 Å². The van der Waals surface area contributed by atoms with Crippen molar-refractivity contribution < 1.29 is 14.5 Å². The van der Waals surface area contributed by atoms with Crippen LogP contribution in [0.15, 0.2) is 48.5 Å². The molecular formula is C20H24N2O4. The van der Waals surface area contributed by atoms with Crippen LogP contribution in [-0.2, 0) is 16.6 Å². The molecule has 0 aliphatic carbocycles. The second-order valence-electron chi connectivity index (χ2n) is 7.07. The fourth-order valence-electron chi connectivity index (χ4n) is 2.39. The maximum atomic E-state index is 11.9. The van der Waals surface area contributed by atoms with Crippen LogP contribution in [0.4, 0.5) is 5.69 Å². The van der Waals surface area contributed by atoms with Gasteiger partial charge in [-0.2, -0.15) is 0 Å². The van der Waals surface area contributed by atoms with Gasteiger partial charge >= 0.3 is 0 Å². The van der Waals surface area contributed by atoms with Crippen molar-refractivity contribution >= 4 is 11.6 Å². The molecule has 0 atom stereocenters. The van der Waals surface area contributed by atoms with Crippen molar-refractivity contribution in [3.05, 3.63) is 69.8 Å². The monoisotopic (exact) mass is 356 g/mol. The van der Waals surface area contributed by atoms with Gasteiger partial charge in [-0.05, 0) is 28.7 Å². The number of nitrogens with one attached hydrogen (secondary N) is 1. The maximum Gasteiger partial charge on any atom is 0.269 e. The number of hydrogen-bond donors (Lipinski definition) is 1. The lowest BCUT2D eigenvalue weighted by Crippen LogP contribution is -2.29. The molecule has 138 valence electrons. The number of rotatable bonds is 7. The molecule has 6 heteroatoms. The van der Waals surface area contributed by atoms with Gasteiger partial charge in [0.15, 0.2) is 0 Å². The van der Waals surface area contributed by atoms with Crippen molar-refractivity contribution in [2.24, 2.45) is 0 Å². The average molecular weight is 356 g/mol. The molecule has 1 amide bonds. The topological polar surface area (TPSA) is 81.5 Å². The van der Waals surface area contributed by atoms with Crippen molar-refractivity contribution in [3.63, 3.8) is 0 Å². The van der Waals surface area contributed by atoms with Crippen molar-refractivity contribution in [1.82, 2.24) is 5.32 Å². The molecular weight excluding hydrogens is 332 g/mol. The number of amides is 1. The summed E-state index contributed by atoms with van der Waals surface area (Å²) in [6, 6.07) is 13.9. The summed E-state index contributed by atoms with van der Waals surface area (Å²) in [5.41, 5.74) is 2.08. The Hall–Kier alpha value is -2.89. The zero-order valence-corrected chi connectivity index (χ0v) is 15.3. The number of carbonyl (C=O) groups is 1. The SMILES string of the molecule is CC(C)(C)c1ccc(OCCNC(=O)Cc2ccc([N+](=O)[O-])cc2)cc1. The van der Waals surface area contributed by atoms with E-state index in [9.17, 15) is 14.9 Å². The number of nitro groups is 1. The number of hydrogen-bond acceptors (Lipinski definition) is 4. The van der Waals surface area contributed by atoms with Crippen LogP contribution in [0.3, 0.4) is 0 Å². The smallest absolute Gasteiger partial charge is 0.269 e. The molecule has 2 aromatic carbocycles. The Bertz CT molecular complexity index is 747. The van der Waals surface area contributed by atoms with Crippen LogP contribution in [0.1, 0.15) is 31.9 Å². The molecule has 26 heavy (non-hydrogen) atoms. The van der Waals surface area contributed by atoms with Crippen LogP contribution in [-0.4, -0.2) is 24.0 Å². The number of ether oxygens (including phenoxy) is 1. The molecule has 0 heterocycles. The summed E-state index contributed by atoms with van der Waals surface area (Å²) in [6.07, 6.45) is 0.179. The Morgan fingerprint density at radius 2 is 1.69 bits per heavy atom. The molecule has 0 aromatic heterocycles. The van der Waals surface area contributed by atoms with Gasteiger partial charge in [-0.25, -0.2) is 0 Å². The van der Waals surface area contributed by atoms with Crippen LogP contribution in [0.25, 0.3) is 0 Å². The minimum atomic E-state index is -0.463. The Labute approximate surface area is 153 Å². The quantitative estimate of drug-likeness (QED) is 0.467. The van der Waals surface area contributed by atoms with E-state index in [2.05, 4.69) is 26.1 Å². The van der Waals surface area contributed by atoms with Crippen LogP contribution in [0, 0.1) is 10.1 Å². The van der Waals surface area contributed by atoms with Gasteiger partial charge in [-0.1, -0.05) is 45.0 Å². The van der Waals surface area contributed by atoms with E-state index < -0.39 is 4.92 Å². The Balaban J connectivity index is 1.72. The van der Waals surface area contributed by atoms with E-state index in [0.717, 1.165) is 11.3 Å². The second kappa shape index (κ2) is 8.47. The van der Waals surface area contributed by atoms with Crippen molar-refractivity contribution in [3.8, 4) is 5.75 Å². The first kappa shape index (κ1) is 19.4. The fourth-order valence-corrected chi connectivity index (χ4v) is 2.39. The number of non-ortho nitro benzene ring substituents is 1. The minimum Gasteiger partial charge on any atom is -0.492 e. The summed E-state index contributed by atoms with van der Waals surface area (Å²) < 4.78 is 5.63. The van der Waals surface area contributed by atoms with Gasteiger partial charge in [-0.3, -0.25) is 14.9 Å². The van der Waals surface area contributed by atoms with E-state index in [1.807, 2.05) is 24.3 Å². The van der Waals surface area contributed by atoms with Crippen LogP contribution in [0.2, 0.25) is 0 Å². The van der Waals surface area contributed by atoms with Gasteiger partial charge in [0.1, 0.15) is 12.4 Å². The largest absolute Gasteiger partial charge is 0.492 e. The summed E-state index contributed by atoms with van der Waals surface area (Å²) in [4.78, 5) is 22.0. The number of nitrogens with zero attached hydrogens (tertiary/aromatic N) is 1. The molecule has 6 nitrogen and oxygen atoms in total. The van der Waals surface area contributed by atoms with Crippen molar-refractivity contribution in [2.45, 2.75) is 32.6 Å². The van der Waals surface area contributed by atoms with Gasteiger partial charge in [0.05, 0.1) is 17.9 Å². The molecule has 0 radical (unpaired) electrons. The molecule has 0 spiro atoms. The van der Waals surface area contributed by atoms with Crippen LogP contribution < -0.4 is 10.1 Å². The highest BCUT2D eigenvalue weighted by atomic mass is 16.6. The summed E-state index contributed by atoms with van der Waals surface area (Å²) in [5, 5.41) is 13.4. The zero-order valence-electron chi connectivity index (χ0n) is 15.3. The first-order valence-electron chi connectivity index (χ1n) is 8.49. The van der Waals surface area contributed by atoms with Gasteiger partial charge in [0, 0.05) is 12.1 Å². The van der Waals surface area contributed by atoms with Crippen LogP contribution in [0.5, 0.6) is 5.75 Å². The molecule has 0 saturated heterocycles. The number of benzene rings is 2. The molecule has 2 aromatic rings. The highest BCUT2D eigenvalue weighted by Gasteiger charge is 2.13. The molecule has 0 unspecified atom stereocenters. The standard InChI is InChI=1S/C20H24N2O4/c1-20(2,3)16-6-10-18(11-7-16)26-13-12-21-19(23)14-15-4-8-17(9-5-15)22(24)25/h4-11H,12-14H2,1-3H3,(H,21,23). The Morgan fingerprint density at radius 1 is 1.08 bits per heavy atom. The highest BCUT2D eigenvalue weighted by Crippen LogP contribution is 2.24. The van der Waals surface area contributed by atoms with Gasteiger partial charge in [-0.15, -0.1) is 0 Å². The van der Waals surface area contributed by atoms with Crippen molar-refractivity contribution in [2.75, 3.05) is 13.2 Å². The minimum absolute atomic E-state index is 0.0139. The third-order valence-corrected chi connectivity index (χ3v) is 3.93. The summed E-state index contributed by atoms with van der Waals surface area (Å²) in [7, 11) is 0. The van der Waals surface area contributed by atoms with E-state index in [1.165, 1.54) is 17.7 Å². The lowest BCUT2D eigenvalue weighted by Gasteiger charge is -2.19.